The minimum absolute atomic E-state index is 0.543. The number of methoxy groups -OCH3 is 2. The maximum Gasteiger partial charge on any atom is 0.123 e. The molecule has 3 nitrogen and oxygen atoms in total. The largest absolute Gasteiger partial charge is 0.497 e. The lowest BCUT2D eigenvalue weighted by Crippen LogP contribution is -2.54. The van der Waals surface area contributed by atoms with Crippen LogP contribution >= 0.6 is 0 Å². The van der Waals surface area contributed by atoms with E-state index in [4.69, 9.17) is 9.47 Å². The van der Waals surface area contributed by atoms with Crippen molar-refractivity contribution in [1.29, 1.82) is 0 Å². The Morgan fingerprint density at radius 3 is 2.21 bits per heavy atom. The summed E-state index contributed by atoms with van der Waals surface area (Å²) in [6, 6.07) is 6.63. The van der Waals surface area contributed by atoms with Gasteiger partial charge in [-0.25, -0.2) is 0 Å². The smallest absolute Gasteiger partial charge is 0.123 e. The molecule has 0 aliphatic heterocycles. The van der Waals surface area contributed by atoms with Crippen molar-refractivity contribution in [3.63, 3.8) is 0 Å². The Kier molecular flexibility index (Phi) is 4.24. The number of hydrogen-bond donors (Lipinski definition) is 1. The summed E-state index contributed by atoms with van der Waals surface area (Å²) in [6.07, 6.45) is 8.87. The minimum atomic E-state index is 0.543. The van der Waals surface area contributed by atoms with Gasteiger partial charge < -0.3 is 14.8 Å². The monoisotopic (exact) mass is 329 g/mol. The van der Waals surface area contributed by atoms with Crippen molar-refractivity contribution in [2.75, 3.05) is 14.2 Å². The summed E-state index contributed by atoms with van der Waals surface area (Å²) in [4.78, 5) is 0. The van der Waals surface area contributed by atoms with Crippen LogP contribution in [0.25, 0.3) is 0 Å². The molecule has 5 rings (SSSR count). The number of rotatable bonds is 6. The predicted octanol–water partition coefficient (Wildman–Crippen LogP) is 4.40. The van der Waals surface area contributed by atoms with Crippen LogP contribution in [0.5, 0.6) is 11.5 Å². The lowest BCUT2D eigenvalue weighted by molar-refractivity contribution is -0.0706. The van der Waals surface area contributed by atoms with Crippen LogP contribution in [-0.2, 0) is 6.54 Å². The second-order valence-electron chi connectivity index (χ2n) is 8.56. The van der Waals surface area contributed by atoms with Gasteiger partial charge in [-0.2, -0.15) is 0 Å². The molecule has 4 aliphatic rings. The van der Waals surface area contributed by atoms with Crippen molar-refractivity contribution in [2.24, 2.45) is 23.2 Å². The molecule has 1 N–H and O–H groups in total. The van der Waals surface area contributed by atoms with Gasteiger partial charge in [-0.3, -0.25) is 0 Å². The standard InChI is InChI=1S/C21H31NO2/c1-14(21-10-15-6-16(11-21)8-17(7-15)12-21)22-13-18-9-19(23-2)4-5-20(18)24-3/h4-5,9,14-17,22H,6-8,10-13H2,1-3H3. The van der Waals surface area contributed by atoms with Crippen LogP contribution in [-0.4, -0.2) is 20.3 Å². The molecule has 0 amide bonds. The Hall–Kier alpha value is -1.22. The Bertz CT molecular complexity index is 562. The Morgan fingerprint density at radius 2 is 1.67 bits per heavy atom. The molecule has 1 atom stereocenters. The fourth-order valence-corrected chi connectivity index (χ4v) is 6.21. The van der Waals surface area contributed by atoms with E-state index in [1.165, 1.54) is 44.1 Å². The highest BCUT2D eigenvalue weighted by atomic mass is 16.5. The highest BCUT2D eigenvalue weighted by Gasteiger charge is 2.52. The van der Waals surface area contributed by atoms with Gasteiger partial charge >= 0.3 is 0 Å². The van der Waals surface area contributed by atoms with Crippen LogP contribution < -0.4 is 14.8 Å². The van der Waals surface area contributed by atoms with Crippen molar-refractivity contribution in [3.8, 4) is 11.5 Å². The second kappa shape index (κ2) is 6.25. The van der Waals surface area contributed by atoms with E-state index < -0.39 is 0 Å². The van der Waals surface area contributed by atoms with Gasteiger partial charge in [0.05, 0.1) is 14.2 Å². The van der Waals surface area contributed by atoms with Gasteiger partial charge in [0, 0.05) is 18.2 Å². The number of ether oxygens (including phenoxy) is 2. The van der Waals surface area contributed by atoms with Gasteiger partial charge in [-0.05, 0) is 86.8 Å². The highest BCUT2D eigenvalue weighted by Crippen LogP contribution is 2.61. The van der Waals surface area contributed by atoms with Crippen LogP contribution in [0.2, 0.25) is 0 Å². The van der Waals surface area contributed by atoms with Gasteiger partial charge in [0.15, 0.2) is 0 Å². The quantitative estimate of drug-likeness (QED) is 0.839. The third-order valence-electron chi connectivity index (χ3n) is 7.09. The van der Waals surface area contributed by atoms with Gasteiger partial charge in [0.2, 0.25) is 0 Å². The normalized spacial score (nSPS) is 35.0. The van der Waals surface area contributed by atoms with E-state index >= 15 is 0 Å². The van der Waals surface area contributed by atoms with Gasteiger partial charge in [-0.15, -0.1) is 0 Å². The SMILES string of the molecule is COc1ccc(OC)c(CNC(C)C23CC4CC(CC(C4)C2)C3)c1. The molecule has 24 heavy (non-hydrogen) atoms. The zero-order valence-electron chi connectivity index (χ0n) is 15.3. The molecular weight excluding hydrogens is 298 g/mol. The third kappa shape index (κ3) is 2.81. The van der Waals surface area contributed by atoms with Gasteiger partial charge in [0.25, 0.3) is 0 Å². The Morgan fingerprint density at radius 1 is 1.04 bits per heavy atom. The van der Waals surface area contributed by atoms with Crippen molar-refractivity contribution in [1.82, 2.24) is 5.32 Å². The van der Waals surface area contributed by atoms with Crippen molar-refractivity contribution in [3.05, 3.63) is 23.8 Å². The molecule has 0 aromatic heterocycles. The maximum absolute atomic E-state index is 5.53. The first kappa shape index (κ1) is 16.3. The first-order valence-electron chi connectivity index (χ1n) is 9.56. The zero-order chi connectivity index (χ0) is 16.7. The molecule has 0 spiro atoms. The van der Waals surface area contributed by atoms with E-state index in [1.54, 1.807) is 14.2 Å². The predicted molar refractivity (Wildman–Crippen MR) is 96.5 cm³/mol. The van der Waals surface area contributed by atoms with Crippen LogP contribution in [0.3, 0.4) is 0 Å². The third-order valence-corrected chi connectivity index (χ3v) is 7.09. The molecule has 1 unspecified atom stereocenters. The average molecular weight is 329 g/mol. The molecule has 4 saturated carbocycles. The van der Waals surface area contributed by atoms with Crippen molar-refractivity contribution >= 4 is 0 Å². The summed E-state index contributed by atoms with van der Waals surface area (Å²) in [5.41, 5.74) is 1.73. The maximum atomic E-state index is 5.53. The summed E-state index contributed by atoms with van der Waals surface area (Å²) in [6.45, 7) is 3.27. The lowest BCUT2D eigenvalue weighted by Gasteiger charge is -2.59. The number of nitrogens with one attached hydrogen (secondary N) is 1. The molecule has 0 heterocycles. The number of hydrogen-bond acceptors (Lipinski definition) is 3. The summed E-state index contributed by atoms with van der Waals surface area (Å²) in [7, 11) is 3.46. The van der Waals surface area contributed by atoms with E-state index in [1.807, 2.05) is 12.1 Å². The molecular formula is C21H31NO2. The molecule has 0 radical (unpaired) electrons. The van der Waals surface area contributed by atoms with Gasteiger partial charge in [-0.1, -0.05) is 0 Å². The molecule has 4 aliphatic carbocycles. The van der Waals surface area contributed by atoms with E-state index in [0.29, 0.717) is 11.5 Å². The van der Waals surface area contributed by atoms with E-state index in [9.17, 15) is 0 Å². The zero-order valence-corrected chi connectivity index (χ0v) is 15.3. The fourth-order valence-electron chi connectivity index (χ4n) is 6.21. The van der Waals surface area contributed by atoms with E-state index in [2.05, 4.69) is 18.3 Å². The summed E-state index contributed by atoms with van der Waals surface area (Å²) in [5, 5.41) is 3.85. The van der Waals surface area contributed by atoms with E-state index in [-0.39, 0.29) is 0 Å². The Labute approximate surface area is 146 Å². The first-order chi connectivity index (χ1) is 11.6. The number of benzene rings is 1. The van der Waals surface area contributed by atoms with Gasteiger partial charge in [0.1, 0.15) is 11.5 Å². The molecule has 4 fully saturated rings. The second-order valence-corrected chi connectivity index (χ2v) is 8.56. The van der Waals surface area contributed by atoms with Crippen LogP contribution in [0.1, 0.15) is 51.0 Å². The molecule has 1 aromatic rings. The fraction of sp³-hybridized carbons (Fsp3) is 0.714. The van der Waals surface area contributed by atoms with Crippen LogP contribution in [0.4, 0.5) is 0 Å². The summed E-state index contributed by atoms with van der Waals surface area (Å²) < 4.78 is 10.9. The van der Waals surface area contributed by atoms with Crippen molar-refractivity contribution in [2.45, 2.75) is 58.0 Å². The molecule has 4 bridgehead atoms. The Balaban J connectivity index is 1.46. The summed E-state index contributed by atoms with van der Waals surface area (Å²) >= 11 is 0. The highest BCUT2D eigenvalue weighted by molar-refractivity contribution is 5.40. The average Bonchev–Trinajstić information content (AvgIpc) is 2.58. The summed E-state index contributed by atoms with van der Waals surface area (Å²) in [5.74, 6) is 4.86. The minimum Gasteiger partial charge on any atom is -0.497 e. The molecule has 1 aromatic carbocycles. The lowest BCUT2D eigenvalue weighted by atomic mass is 9.48. The molecule has 3 heteroatoms. The molecule has 132 valence electrons. The van der Waals surface area contributed by atoms with Crippen molar-refractivity contribution < 1.29 is 9.47 Å². The van der Waals surface area contributed by atoms with Crippen LogP contribution in [0.15, 0.2) is 18.2 Å². The molecule has 0 saturated heterocycles. The first-order valence-corrected chi connectivity index (χ1v) is 9.56. The van der Waals surface area contributed by atoms with Crippen LogP contribution in [0, 0.1) is 23.2 Å². The topological polar surface area (TPSA) is 30.5 Å². The van der Waals surface area contributed by atoms with E-state index in [0.717, 1.165) is 35.8 Å².